The number of carbonyl (C=O) groups excluding carboxylic acids is 1. The van der Waals surface area contributed by atoms with Gasteiger partial charge in [0.15, 0.2) is 11.5 Å². The molecule has 2 N–H and O–H groups in total. The lowest BCUT2D eigenvalue weighted by molar-refractivity contribution is 0.0957. The first-order valence-corrected chi connectivity index (χ1v) is 5.45. The SMILES string of the molecule is CNC(=O)c1ccn(-c2cc(C)nc(NC)n2)n1. The van der Waals surface area contributed by atoms with E-state index in [2.05, 4.69) is 25.7 Å². The third-order valence-corrected chi connectivity index (χ3v) is 2.35. The summed E-state index contributed by atoms with van der Waals surface area (Å²) in [6.45, 7) is 1.87. The van der Waals surface area contributed by atoms with Crippen molar-refractivity contribution >= 4 is 11.9 Å². The molecule has 2 aromatic rings. The number of anilines is 1. The van der Waals surface area contributed by atoms with Gasteiger partial charge in [0.2, 0.25) is 5.95 Å². The molecule has 0 radical (unpaired) electrons. The lowest BCUT2D eigenvalue weighted by Crippen LogP contribution is -2.18. The van der Waals surface area contributed by atoms with Crippen molar-refractivity contribution in [3.05, 3.63) is 29.7 Å². The zero-order valence-corrected chi connectivity index (χ0v) is 10.4. The number of aromatic nitrogens is 4. The number of amides is 1. The van der Waals surface area contributed by atoms with Crippen LogP contribution in [0.25, 0.3) is 5.82 Å². The average Bonchev–Trinajstić information content (AvgIpc) is 2.86. The number of hydrogen-bond donors (Lipinski definition) is 2. The molecule has 0 atom stereocenters. The lowest BCUT2D eigenvalue weighted by atomic mass is 10.4. The van der Waals surface area contributed by atoms with Crippen molar-refractivity contribution in [2.75, 3.05) is 19.4 Å². The van der Waals surface area contributed by atoms with E-state index in [1.54, 1.807) is 37.1 Å². The summed E-state index contributed by atoms with van der Waals surface area (Å²) in [6, 6.07) is 3.43. The zero-order valence-electron chi connectivity index (χ0n) is 10.4. The molecule has 18 heavy (non-hydrogen) atoms. The van der Waals surface area contributed by atoms with E-state index >= 15 is 0 Å². The van der Waals surface area contributed by atoms with Crippen molar-refractivity contribution in [1.82, 2.24) is 25.1 Å². The first kappa shape index (κ1) is 12.0. The second kappa shape index (κ2) is 4.82. The highest BCUT2D eigenvalue weighted by Crippen LogP contribution is 2.09. The highest BCUT2D eigenvalue weighted by Gasteiger charge is 2.09. The van der Waals surface area contributed by atoms with Crippen molar-refractivity contribution in [3.8, 4) is 5.82 Å². The number of nitrogens with one attached hydrogen (secondary N) is 2. The second-order valence-electron chi connectivity index (χ2n) is 3.67. The van der Waals surface area contributed by atoms with Gasteiger partial charge in [0.1, 0.15) is 0 Å². The Morgan fingerprint density at radius 2 is 2.11 bits per heavy atom. The minimum absolute atomic E-state index is 0.228. The maximum Gasteiger partial charge on any atom is 0.271 e. The summed E-state index contributed by atoms with van der Waals surface area (Å²) in [7, 11) is 3.31. The highest BCUT2D eigenvalue weighted by molar-refractivity contribution is 5.91. The average molecular weight is 246 g/mol. The maximum atomic E-state index is 11.4. The van der Waals surface area contributed by atoms with Gasteiger partial charge in [0.05, 0.1) is 0 Å². The summed E-state index contributed by atoms with van der Waals surface area (Å²) >= 11 is 0. The number of carbonyl (C=O) groups is 1. The molecule has 0 saturated heterocycles. The molecule has 7 nitrogen and oxygen atoms in total. The molecule has 0 aliphatic carbocycles. The predicted octanol–water partition coefficient (Wildman–Crippen LogP) is 0.372. The van der Waals surface area contributed by atoms with Gasteiger partial charge in [-0.2, -0.15) is 10.1 Å². The van der Waals surface area contributed by atoms with Crippen molar-refractivity contribution < 1.29 is 4.79 Å². The fraction of sp³-hybridized carbons (Fsp3) is 0.273. The number of nitrogens with zero attached hydrogens (tertiary/aromatic N) is 4. The number of rotatable bonds is 3. The van der Waals surface area contributed by atoms with E-state index in [1.807, 2.05) is 6.92 Å². The van der Waals surface area contributed by atoms with Gasteiger partial charge in [0.25, 0.3) is 5.91 Å². The highest BCUT2D eigenvalue weighted by atomic mass is 16.1. The molecule has 0 spiro atoms. The Labute approximate surface area is 104 Å². The van der Waals surface area contributed by atoms with E-state index in [4.69, 9.17) is 0 Å². The van der Waals surface area contributed by atoms with Crippen LogP contribution < -0.4 is 10.6 Å². The molecule has 2 aromatic heterocycles. The largest absolute Gasteiger partial charge is 0.357 e. The summed E-state index contributed by atoms with van der Waals surface area (Å²) in [5, 5.41) is 9.55. The van der Waals surface area contributed by atoms with Crippen LogP contribution in [0.1, 0.15) is 16.2 Å². The molecule has 0 bridgehead atoms. The van der Waals surface area contributed by atoms with Crippen LogP contribution in [0.2, 0.25) is 0 Å². The molecular formula is C11H14N6O. The van der Waals surface area contributed by atoms with Crippen LogP contribution in [-0.2, 0) is 0 Å². The quantitative estimate of drug-likeness (QED) is 0.817. The van der Waals surface area contributed by atoms with Gasteiger partial charge in [0, 0.05) is 32.1 Å². The van der Waals surface area contributed by atoms with Gasteiger partial charge in [-0.3, -0.25) is 4.79 Å². The van der Waals surface area contributed by atoms with Gasteiger partial charge in [-0.1, -0.05) is 0 Å². The summed E-state index contributed by atoms with van der Waals surface area (Å²) in [4.78, 5) is 19.9. The molecule has 0 aromatic carbocycles. The molecule has 0 aliphatic heterocycles. The molecule has 94 valence electrons. The van der Waals surface area contributed by atoms with E-state index in [-0.39, 0.29) is 5.91 Å². The summed E-state index contributed by atoms with van der Waals surface area (Å²) in [5.74, 6) is 0.900. The molecule has 0 aliphatic rings. The molecule has 0 saturated carbocycles. The van der Waals surface area contributed by atoms with E-state index in [0.717, 1.165) is 5.69 Å². The fourth-order valence-corrected chi connectivity index (χ4v) is 1.48. The van der Waals surface area contributed by atoms with Crippen molar-refractivity contribution in [1.29, 1.82) is 0 Å². The predicted molar refractivity (Wildman–Crippen MR) is 66.8 cm³/mol. The van der Waals surface area contributed by atoms with Crippen LogP contribution in [0.15, 0.2) is 18.3 Å². The summed E-state index contributed by atoms with van der Waals surface area (Å²) < 4.78 is 1.54. The van der Waals surface area contributed by atoms with Crippen LogP contribution in [0.5, 0.6) is 0 Å². The van der Waals surface area contributed by atoms with Crippen LogP contribution in [-0.4, -0.2) is 39.8 Å². The van der Waals surface area contributed by atoms with Crippen LogP contribution in [0.3, 0.4) is 0 Å². The molecule has 1 amide bonds. The van der Waals surface area contributed by atoms with Crippen molar-refractivity contribution in [2.24, 2.45) is 0 Å². The number of aryl methyl sites for hydroxylation is 1. The van der Waals surface area contributed by atoms with E-state index < -0.39 is 0 Å². The van der Waals surface area contributed by atoms with Crippen LogP contribution in [0.4, 0.5) is 5.95 Å². The summed E-state index contributed by atoms with van der Waals surface area (Å²) in [6.07, 6.45) is 1.69. The van der Waals surface area contributed by atoms with Gasteiger partial charge < -0.3 is 10.6 Å². The molecule has 7 heteroatoms. The Morgan fingerprint density at radius 1 is 1.33 bits per heavy atom. The first-order chi connectivity index (χ1) is 8.63. The third-order valence-electron chi connectivity index (χ3n) is 2.35. The number of hydrogen-bond acceptors (Lipinski definition) is 5. The van der Waals surface area contributed by atoms with E-state index in [9.17, 15) is 4.79 Å². The summed E-state index contributed by atoms with van der Waals surface area (Å²) in [5.41, 5.74) is 1.17. The van der Waals surface area contributed by atoms with Gasteiger partial charge in [-0.05, 0) is 13.0 Å². The smallest absolute Gasteiger partial charge is 0.271 e. The van der Waals surface area contributed by atoms with Crippen molar-refractivity contribution in [2.45, 2.75) is 6.92 Å². The zero-order chi connectivity index (χ0) is 13.1. The van der Waals surface area contributed by atoms with E-state index in [0.29, 0.717) is 17.5 Å². The van der Waals surface area contributed by atoms with Gasteiger partial charge in [-0.25, -0.2) is 9.67 Å². The minimum Gasteiger partial charge on any atom is -0.357 e. The minimum atomic E-state index is -0.228. The Hall–Kier alpha value is -2.44. The standard InChI is InChI=1S/C11H14N6O/c1-7-6-9(15-11(13-3)14-7)17-5-4-8(16-17)10(18)12-2/h4-6H,1-3H3,(H,12,18)(H,13,14,15). The topological polar surface area (TPSA) is 84.7 Å². The second-order valence-corrected chi connectivity index (χ2v) is 3.67. The molecular weight excluding hydrogens is 232 g/mol. The van der Waals surface area contributed by atoms with Gasteiger partial charge >= 0.3 is 0 Å². The maximum absolute atomic E-state index is 11.4. The Balaban J connectivity index is 2.39. The van der Waals surface area contributed by atoms with Crippen molar-refractivity contribution in [3.63, 3.8) is 0 Å². The Morgan fingerprint density at radius 3 is 2.78 bits per heavy atom. The van der Waals surface area contributed by atoms with Gasteiger partial charge in [-0.15, -0.1) is 0 Å². The van der Waals surface area contributed by atoms with E-state index in [1.165, 1.54) is 0 Å². The van der Waals surface area contributed by atoms with Crippen LogP contribution >= 0.6 is 0 Å². The molecule has 2 heterocycles. The Kier molecular flexibility index (Phi) is 3.22. The lowest BCUT2D eigenvalue weighted by Gasteiger charge is -2.04. The monoisotopic (exact) mass is 246 g/mol. The molecule has 0 fully saturated rings. The normalized spacial score (nSPS) is 10.2. The molecule has 0 unspecified atom stereocenters. The first-order valence-electron chi connectivity index (χ1n) is 5.45. The fourth-order valence-electron chi connectivity index (χ4n) is 1.48. The third kappa shape index (κ3) is 2.29. The molecule has 2 rings (SSSR count). The Bertz CT molecular complexity index is 577. The van der Waals surface area contributed by atoms with Crippen LogP contribution in [0, 0.1) is 6.92 Å².